The van der Waals surface area contributed by atoms with Crippen molar-refractivity contribution >= 4 is 22.4 Å². The van der Waals surface area contributed by atoms with Crippen LogP contribution in [0, 0.1) is 5.92 Å². The van der Waals surface area contributed by atoms with Gasteiger partial charge in [0.25, 0.3) is 0 Å². The van der Waals surface area contributed by atoms with Crippen molar-refractivity contribution in [1.29, 1.82) is 0 Å². The van der Waals surface area contributed by atoms with E-state index >= 15 is 0 Å². The second-order valence-electron chi connectivity index (χ2n) is 8.11. The molecule has 8 nitrogen and oxygen atoms in total. The van der Waals surface area contributed by atoms with Crippen LogP contribution in [0.4, 0.5) is 5.13 Å². The van der Waals surface area contributed by atoms with Crippen molar-refractivity contribution in [3.05, 3.63) is 40.7 Å². The summed E-state index contributed by atoms with van der Waals surface area (Å²) >= 11 is 1.41. The van der Waals surface area contributed by atoms with Crippen LogP contribution in [-0.4, -0.2) is 44.7 Å². The highest BCUT2D eigenvalue weighted by Gasteiger charge is 2.15. The Morgan fingerprint density at radius 2 is 1.90 bits per heavy atom. The van der Waals surface area contributed by atoms with E-state index in [2.05, 4.69) is 65.5 Å². The van der Waals surface area contributed by atoms with Gasteiger partial charge in [-0.3, -0.25) is 15.0 Å². The quantitative estimate of drug-likeness (QED) is 0.550. The number of hydrogen-bond donors (Lipinski definition) is 1. The van der Waals surface area contributed by atoms with Crippen LogP contribution in [0.25, 0.3) is 11.4 Å². The summed E-state index contributed by atoms with van der Waals surface area (Å²) in [5, 5.41) is 16.4. The van der Waals surface area contributed by atoms with Crippen LogP contribution in [0.2, 0.25) is 0 Å². The average molecular weight is 429 g/mol. The molecule has 2 aromatic heterocycles. The van der Waals surface area contributed by atoms with E-state index in [1.807, 2.05) is 24.1 Å². The monoisotopic (exact) mass is 428 g/mol. The van der Waals surface area contributed by atoms with E-state index in [0.717, 1.165) is 17.0 Å². The number of rotatable bonds is 9. The van der Waals surface area contributed by atoms with Crippen molar-refractivity contribution in [3.63, 3.8) is 0 Å². The summed E-state index contributed by atoms with van der Waals surface area (Å²) in [6, 6.07) is 8.15. The fourth-order valence-electron chi connectivity index (χ4n) is 2.88. The number of carbonyl (C=O) groups is 1. The Hall–Kier alpha value is -2.65. The Labute approximate surface area is 180 Å². The first-order valence-electron chi connectivity index (χ1n) is 10.0. The lowest BCUT2D eigenvalue weighted by molar-refractivity contribution is -0.117. The number of benzene rings is 1. The molecule has 1 amide bonds. The summed E-state index contributed by atoms with van der Waals surface area (Å²) in [6.07, 6.45) is 0.854. The Morgan fingerprint density at radius 1 is 1.17 bits per heavy atom. The van der Waals surface area contributed by atoms with Gasteiger partial charge in [-0.05, 0) is 24.4 Å². The second kappa shape index (κ2) is 9.90. The van der Waals surface area contributed by atoms with Crippen molar-refractivity contribution in [1.82, 2.24) is 25.2 Å². The molecule has 0 saturated heterocycles. The van der Waals surface area contributed by atoms with Gasteiger partial charge in [0.05, 0.1) is 13.1 Å². The number of carbonyl (C=O) groups excluding carboxylic acids is 1. The van der Waals surface area contributed by atoms with Crippen LogP contribution in [-0.2, 0) is 17.8 Å². The van der Waals surface area contributed by atoms with E-state index in [1.165, 1.54) is 16.9 Å². The van der Waals surface area contributed by atoms with Crippen LogP contribution in [0.1, 0.15) is 50.1 Å². The largest absolute Gasteiger partial charge is 0.338 e. The molecule has 0 radical (unpaired) electrons. The van der Waals surface area contributed by atoms with Crippen LogP contribution in [0.15, 0.2) is 28.8 Å². The summed E-state index contributed by atoms with van der Waals surface area (Å²) in [7, 11) is 1.82. The van der Waals surface area contributed by atoms with E-state index in [0.29, 0.717) is 35.2 Å². The maximum Gasteiger partial charge on any atom is 0.241 e. The number of anilines is 1. The first-order valence-corrected chi connectivity index (χ1v) is 10.9. The van der Waals surface area contributed by atoms with Crippen molar-refractivity contribution in [3.8, 4) is 11.4 Å². The number of aromatic nitrogens is 4. The highest BCUT2D eigenvalue weighted by molar-refractivity contribution is 7.15. The molecule has 0 aliphatic rings. The summed E-state index contributed by atoms with van der Waals surface area (Å²) < 4.78 is 5.35. The van der Waals surface area contributed by atoms with Crippen LogP contribution in [0.3, 0.4) is 0 Å². The third-order valence-electron chi connectivity index (χ3n) is 4.42. The molecule has 2 heterocycles. The molecule has 1 aromatic carbocycles. The van der Waals surface area contributed by atoms with E-state index in [1.54, 1.807) is 0 Å². The standard InChI is InChI=1S/C21H28N6O2S/c1-13(2)10-19-24-25-21(30-19)22-17(28)11-27(5)12-18-23-20(26-29-18)16-8-6-15(7-9-16)14(3)4/h6-9,13-14H,10-12H2,1-5H3,(H,22,25,28). The maximum atomic E-state index is 12.3. The van der Waals surface area contributed by atoms with Gasteiger partial charge in [-0.1, -0.05) is 68.5 Å². The fraction of sp³-hybridized carbons (Fsp3) is 0.476. The average Bonchev–Trinajstić information content (AvgIpc) is 3.30. The molecule has 0 atom stereocenters. The lowest BCUT2D eigenvalue weighted by Crippen LogP contribution is -2.29. The van der Waals surface area contributed by atoms with Crippen molar-refractivity contribution in [2.45, 2.75) is 46.6 Å². The highest BCUT2D eigenvalue weighted by Crippen LogP contribution is 2.21. The summed E-state index contributed by atoms with van der Waals surface area (Å²) in [5.41, 5.74) is 2.17. The minimum Gasteiger partial charge on any atom is -0.338 e. The predicted octanol–water partition coefficient (Wildman–Crippen LogP) is 3.98. The maximum absolute atomic E-state index is 12.3. The van der Waals surface area contributed by atoms with Crippen LogP contribution < -0.4 is 5.32 Å². The van der Waals surface area contributed by atoms with Crippen molar-refractivity contribution in [2.75, 3.05) is 18.9 Å². The molecular weight excluding hydrogens is 400 g/mol. The number of likely N-dealkylation sites (N-methyl/N-ethyl adjacent to an activating group) is 1. The van der Waals surface area contributed by atoms with Crippen molar-refractivity contribution < 1.29 is 9.32 Å². The molecule has 0 bridgehead atoms. The minimum atomic E-state index is -0.159. The molecule has 0 spiro atoms. The molecule has 9 heteroatoms. The first-order chi connectivity index (χ1) is 14.3. The second-order valence-corrected chi connectivity index (χ2v) is 9.17. The lowest BCUT2D eigenvalue weighted by atomic mass is 10.0. The molecule has 160 valence electrons. The molecule has 0 aliphatic heterocycles. The third-order valence-corrected chi connectivity index (χ3v) is 5.28. The summed E-state index contributed by atoms with van der Waals surface area (Å²) in [5.74, 6) is 1.82. The normalized spacial score (nSPS) is 11.6. The van der Waals surface area contributed by atoms with Gasteiger partial charge >= 0.3 is 0 Å². The molecule has 3 aromatic rings. The van der Waals surface area contributed by atoms with Crippen LogP contribution in [0.5, 0.6) is 0 Å². The highest BCUT2D eigenvalue weighted by atomic mass is 32.1. The predicted molar refractivity (Wildman–Crippen MR) is 117 cm³/mol. The van der Waals surface area contributed by atoms with Gasteiger partial charge in [-0.15, -0.1) is 10.2 Å². The summed E-state index contributed by atoms with van der Waals surface area (Å²) in [6.45, 7) is 9.11. The topological polar surface area (TPSA) is 97.0 Å². The van der Waals surface area contributed by atoms with Gasteiger partial charge in [0.1, 0.15) is 5.01 Å². The van der Waals surface area contributed by atoms with Gasteiger partial charge in [-0.2, -0.15) is 4.98 Å². The molecule has 0 aliphatic carbocycles. The zero-order chi connectivity index (χ0) is 21.7. The number of hydrogen-bond acceptors (Lipinski definition) is 8. The molecule has 0 saturated carbocycles. The van der Waals surface area contributed by atoms with Crippen molar-refractivity contribution in [2.24, 2.45) is 5.92 Å². The van der Waals surface area contributed by atoms with E-state index < -0.39 is 0 Å². The summed E-state index contributed by atoms with van der Waals surface area (Å²) in [4.78, 5) is 18.5. The molecule has 30 heavy (non-hydrogen) atoms. The van der Waals surface area contributed by atoms with Gasteiger partial charge in [0.15, 0.2) is 0 Å². The molecule has 0 unspecified atom stereocenters. The van der Waals surface area contributed by atoms with Gasteiger partial charge in [-0.25, -0.2) is 0 Å². The SMILES string of the molecule is CC(C)Cc1nnc(NC(=O)CN(C)Cc2nc(-c3ccc(C(C)C)cc3)no2)s1. The Bertz CT molecular complexity index is 964. The zero-order valence-electron chi connectivity index (χ0n) is 18.0. The smallest absolute Gasteiger partial charge is 0.241 e. The van der Waals surface area contributed by atoms with E-state index in [-0.39, 0.29) is 12.5 Å². The van der Waals surface area contributed by atoms with E-state index in [4.69, 9.17) is 4.52 Å². The molecule has 1 N–H and O–H groups in total. The number of nitrogens with zero attached hydrogens (tertiary/aromatic N) is 5. The molecule has 0 fully saturated rings. The fourth-order valence-corrected chi connectivity index (χ4v) is 3.85. The minimum absolute atomic E-state index is 0.159. The number of amides is 1. The first kappa shape index (κ1) is 22.0. The Morgan fingerprint density at radius 3 is 2.57 bits per heavy atom. The Balaban J connectivity index is 1.51. The van der Waals surface area contributed by atoms with Gasteiger partial charge in [0, 0.05) is 12.0 Å². The van der Waals surface area contributed by atoms with Crippen LogP contribution >= 0.6 is 11.3 Å². The van der Waals surface area contributed by atoms with E-state index in [9.17, 15) is 4.79 Å². The number of nitrogens with one attached hydrogen (secondary N) is 1. The Kier molecular flexibility index (Phi) is 7.28. The zero-order valence-corrected chi connectivity index (χ0v) is 18.9. The van der Waals surface area contributed by atoms with Gasteiger partial charge < -0.3 is 4.52 Å². The lowest BCUT2D eigenvalue weighted by Gasteiger charge is -2.12. The molecular formula is C21H28N6O2S. The van der Waals surface area contributed by atoms with Gasteiger partial charge in [0.2, 0.25) is 22.8 Å². The third kappa shape index (κ3) is 6.17. The molecule has 3 rings (SSSR count).